The highest BCUT2D eigenvalue weighted by Crippen LogP contribution is 2.30. The predicted molar refractivity (Wildman–Crippen MR) is 44.3 cm³/mol. The van der Waals surface area contributed by atoms with Gasteiger partial charge in [-0.1, -0.05) is 13.8 Å². The van der Waals surface area contributed by atoms with Gasteiger partial charge in [0, 0.05) is 5.41 Å². The molecular formula is C8H10N2O4. The van der Waals surface area contributed by atoms with Crippen LogP contribution in [-0.2, 0) is 19.1 Å². The zero-order valence-corrected chi connectivity index (χ0v) is 7.89. The highest BCUT2D eigenvalue weighted by Gasteiger charge is 2.46. The Bertz CT molecular complexity index is 317. The van der Waals surface area contributed by atoms with Crippen molar-refractivity contribution in [2.24, 2.45) is 5.41 Å². The van der Waals surface area contributed by atoms with Crippen LogP contribution in [0.15, 0.2) is 0 Å². The van der Waals surface area contributed by atoms with E-state index < -0.39 is 23.5 Å². The lowest BCUT2D eigenvalue weighted by molar-refractivity contribution is -0.159. The number of ether oxygens (including phenoxy) is 2. The van der Waals surface area contributed by atoms with Gasteiger partial charge in [0.15, 0.2) is 0 Å². The molecule has 0 radical (unpaired) electrons. The summed E-state index contributed by atoms with van der Waals surface area (Å²) in [6.45, 7) is 3.69. The van der Waals surface area contributed by atoms with Crippen molar-refractivity contribution in [2.45, 2.75) is 20.0 Å². The first-order valence-corrected chi connectivity index (χ1v) is 4.02. The normalized spacial score (nSPS) is 23.6. The fraction of sp³-hybridized carbons (Fsp3) is 0.625. The van der Waals surface area contributed by atoms with Crippen LogP contribution in [-0.4, -0.2) is 35.7 Å². The van der Waals surface area contributed by atoms with Crippen LogP contribution in [0, 0.1) is 5.41 Å². The zero-order chi connectivity index (χ0) is 10.8. The molecule has 0 aromatic rings. The number of hydrogen-bond donors (Lipinski definition) is 0. The van der Waals surface area contributed by atoms with E-state index in [1.807, 2.05) is 0 Å². The number of carbonyl (C=O) groups is 2. The van der Waals surface area contributed by atoms with Crippen molar-refractivity contribution < 1.29 is 23.9 Å². The quantitative estimate of drug-likeness (QED) is 0.265. The van der Waals surface area contributed by atoms with Crippen LogP contribution >= 0.6 is 0 Å². The van der Waals surface area contributed by atoms with Crippen molar-refractivity contribution in [2.75, 3.05) is 6.61 Å². The van der Waals surface area contributed by atoms with Crippen molar-refractivity contribution in [3.05, 3.63) is 5.53 Å². The van der Waals surface area contributed by atoms with Gasteiger partial charge < -0.3 is 15.0 Å². The summed E-state index contributed by atoms with van der Waals surface area (Å²) in [6, 6.07) is 0. The lowest BCUT2D eigenvalue weighted by Crippen LogP contribution is -2.35. The Balaban J connectivity index is 2.72. The molecule has 1 atom stereocenters. The summed E-state index contributed by atoms with van der Waals surface area (Å²) in [5.74, 6) is -1.45. The van der Waals surface area contributed by atoms with Crippen molar-refractivity contribution in [3.8, 4) is 0 Å². The molecule has 6 nitrogen and oxygen atoms in total. The van der Waals surface area contributed by atoms with Crippen molar-refractivity contribution in [3.63, 3.8) is 0 Å². The second-order valence-corrected chi connectivity index (χ2v) is 3.66. The predicted octanol–water partition coefficient (Wildman–Crippen LogP) is -0.218. The molecule has 0 N–H and O–H groups in total. The van der Waals surface area contributed by atoms with Crippen LogP contribution in [0.2, 0.25) is 0 Å². The molecule has 14 heavy (non-hydrogen) atoms. The minimum atomic E-state index is -0.937. The number of nitrogens with zero attached hydrogens (tertiary/aromatic N) is 2. The van der Waals surface area contributed by atoms with Gasteiger partial charge in [0.05, 0.1) is 0 Å². The first-order chi connectivity index (χ1) is 6.47. The summed E-state index contributed by atoms with van der Waals surface area (Å²) in [5.41, 5.74) is 7.51. The molecule has 0 saturated carbocycles. The molecule has 0 aromatic carbocycles. The molecule has 76 valence electrons. The molecule has 1 heterocycles. The molecule has 1 aliphatic rings. The molecule has 1 fully saturated rings. The van der Waals surface area contributed by atoms with Gasteiger partial charge in [-0.15, -0.1) is 0 Å². The molecule has 0 amide bonds. The number of cyclic esters (lactones) is 1. The third-order valence-corrected chi connectivity index (χ3v) is 1.91. The first kappa shape index (κ1) is 10.4. The van der Waals surface area contributed by atoms with Crippen LogP contribution < -0.4 is 0 Å². The average molecular weight is 198 g/mol. The van der Waals surface area contributed by atoms with Gasteiger partial charge in [-0.05, 0) is 0 Å². The number of esters is 2. The van der Waals surface area contributed by atoms with Crippen LogP contribution in [0.1, 0.15) is 13.8 Å². The Hall–Kier alpha value is -1.68. The highest BCUT2D eigenvalue weighted by atomic mass is 16.6. The summed E-state index contributed by atoms with van der Waals surface area (Å²) in [5, 5.41) is 0. The second kappa shape index (κ2) is 3.59. The Morgan fingerprint density at radius 1 is 1.79 bits per heavy atom. The number of hydrogen-bond acceptors (Lipinski definition) is 4. The van der Waals surface area contributed by atoms with E-state index in [9.17, 15) is 9.59 Å². The zero-order valence-electron chi connectivity index (χ0n) is 7.89. The lowest BCUT2D eigenvalue weighted by atomic mass is 9.90. The van der Waals surface area contributed by atoms with E-state index in [4.69, 9.17) is 15.0 Å². The van der Waals surface area contributed by atoms with Gasteiger partial charge in [-0.2, -0.15) is 4.79 Å². The molecule has 0 bridgehead atoms. The third-order valence-electron chi connectivity index (χ3n) is 1.91. The fourth-order valence-electron chi connectivity index (χ4n) is 1.13. The third kappa shape index (κ3) is 1.97. The smallest absolute Gasteiger partial charge is 0.414 e. The van der Waals surface area contributed by atoms with Gasteiger partial charge in [0.1, 0.15) is 6.61 Å². The summed E-state index contributed by atoms with van der Waals surface area (Å²) < 4.78 is 9.49. The van der Waals surface area contributed by atoms with E-state index in [1.165, 1.54) is 0 Å². The monoisotopic (exact) mass is 198 g/mol. The Morgan fingerprint density at radius 3 is 2.86 bits per heavy atom. The van der Waals surface area contributed by atoms with Crippen molar-refractivity contribution in [1.82, 2.24) is 0 Å². The van der Waals surface area contributed by atoms with E-state index in [1.54, 1.807) is 13.8 Å². The molecule has 1 saturated heterocycles. The Morgan fingerprint density at radius 2 is 2.43 bits per heavy atom. The van der Waals surface area contributed by atoms with E-state index in [-0.39, 0.29) is 6.61 Å². The Labute approximate surface area is 80.4 Å². The van der Waals surface area contributed by atoms with Gasteiger partial charge in [0.25, 0.3) is 0 Å². The fourth-order valence-corrected chi connectivity index (χ4v) is 1.13. The van der Waals surface area contributed by atoms with Crippen molar-refractivity contribution >= 4 is 18.2 Å². The Kier molecular flexibility index (Phi) is 2.67. The van der Waals surface area contributed by atoms with Gasteiger partial charge in [-0.3, -0.25) is 0 Å². The standard InChI is InChI=1S/C8H10N2O4/c1-8(2)4-13-7(12)6(8)14-5(11)3-10-9/h3,6H,4H2,1-2H3/t6-/m0/s1. The SMILES string of the molecule is CC1(C)COC(=O)[C@@H]1OC(=O)C=[N+]=[N-]. The average Bonchev–Trinajstić information content (AvgIpc) is 2.32. The van der Waals surface area contributed by atoms with E-state index in [0.717, 1.165) is 0 Å². The molecule has 0 spiro atoms. The molecular weight excluding hydrogens is 188 g/mol. The summed E-state index contributed by atoms with van der Waals surface area (Å²) in [6.07, 6.45) is -0.352. The maximum absolute atomic E-state index is 11.1. The summed E-state index contributed by atoms with van der Waals surface area (Å²) >= 11 is 0. The summed E-state index contributed by atoms with van der Waals surface area (Å²) in [7, 11) is 0. The maximum Gasteiger partial charge on any atom is 0.414 e. The molecule has 1 rings (SSSR count). The van der Waals surface area contributed by atoms with Gasteiger partial charge >= 0.3 is 18.2 Å². The maximum atomic E-state index is 11.1. The van der Waals surface area contributed by atoms with Crippen LogP contribution in [0.4, 0.5) is 0 Å². The number of carbonyl (C=O) groups excluding carboxylic acids is 2. The lowest BCUT2D eigenvalue weighted by Gasteiger charge is -2.19. The van der Waals surface area contributed by atoms with E-state index in [2.05, 4.69) is 4.79 Å². The number of rotatable bonds is 2. The summed E-state index contributed by atoms with van der Waals surface area (Å²) in [4.78, 5) is 24.5. The largest absolute Gasteiger partial charge is 0.462 e. The van der Waals surface area contributed by atoms with Crippen molar-refractivity contribution in [1.29, 1.82) is 0 Å². The molecule has 1 aliphatic heterocycles. The molecule has 0 aliphatic carbocycles. The highest BCUT2D eigenvalue weighted by molar-refractivity contribution is 6.21. The second-order valence-electron chi connectivity index (χ2n) is 3.66. The molecule has 0 aromatic heterocycles. The molecule has 6 heteroatoms. The van der Waals surface area contributed by atoms with Gasteiger partial charge in [-0.25, -0.2) is 9.59 Å². The van der Waals surface area contributed by atoms with Gasteiger partial charge in [0.2, 0.25) is 6.10 Å². The van der Waals surface area contributed by atoms with Crippen LogP contribution in [0.25, 0.3) is 5.53 Å². The van der Waals surface area contributed by atoms with E-state index >= 15 is 0 Å². The van der Waals surface area contributed by atoms with Crippen LogP contribution in [0.3, 0.4) is 0 Å². The first-order valence-electron chi connectivity index (χ1n) is 4.02. The topological polar surface area (TPSA) is 89.0 Å². The molecule has 0 unspecified atom stereocenters. The van der Waals surface area contributed by atoms with E-state index in [0.29, 0.717) is 6.21 Å². The van der Waals surface area contributed by atoms with Crippen LogP contribution in [0.5, 0.6) is 0 Å². The minimum absolute atomic E-state index is 0.208. The minimum Gasteiger partial charge on any atom is -0.462 e.